The molecule has 1 unspecified atom stereocenters. The first-order chi connectivity index (χ1) is 14.5. The fourth-order valence-electron chi connectivity index (χ4n) is 3.23. The third-order valence-electron chi connectivity index (χ3n) is 4.89. The predicted octanol–water partition coefficient (Wildman–Crippen LogP) is 6.07. The molecule has 166 valence electrons. The molecule has 30 heavy (non-hydrogen) atoms. The van der Waals surface area contributed by atoms with Gasteiger partial charge in [0.05, 0.1) is 0 Å². The van der Waals surface area contributed by atoms with E-state index in [-0.39, 0.29) is 11.9 Å². The third-order valence-corrected chi connectivity index (χ3v) is 7.00. The zero-order valence-corrected chi connectivity index (χ0v) is 20.1. The molecule has 2 aromatic carbocycles. The second-order valence-electron chi connectivity index (χ2n) is 6.63. The number of hydrogen-bond acceptors (Lipinski definition) is 3. The van der Waals surface area contributed by atoms with Gasteiger partial charge in [-0.05, 0) is 36.1 Å². The Balaban J connectivity index is 0.00000106. The van der Waals surface area contributed by atoms with Crippen LogP contribution >= 0.6 is 7.52 Å². The Morgan fingerprint density at radius 3 is 2.10 bits per heavy atom. The summed E-state index contributed by atoms with van der Waals surface area (Å²) in [5.41, 5.74) is 2.78. The Labute approximate surface area is 182 Å². The summed E-state index contributed by atoms with van der Waals surface area (Å²) in [5.74, 6) is -0.0624. The molecule has 5 nitrogen and oxygen atoms in total. The number of carbonyl (C=O) groups excluding carboxylic acids is 1. The highest BCUT2D eigenvalue weighted by molar-refractivity contribution is 7.55. The largest absolute Gasteiger partial charge is 0.349 e. The summed E-state index contributed by atoms with van der Waals surface area (Å²) in [6.45, 7) is 11.0. The molecule has 1 saturated heterocycles. The summed E-state index contributed by atoms with van der Waals surface area (Å²) in [4.78, 5) is 12.6. The number of nitrogens with zero attached hydrogens (tertiary/aromatic N) is 1. The molecule has 0 spiro atoms. The van der Waals surface area contributed by atoms with Crippen LogP contribution in [0.4, 0.5) is 0 Å². The number of benzene rings is 2. The fourth-order valence-corrected chi connectivity index (χ4v) is 4.42. The standard InChI is InChI=1S/C20H25N2O3P.2C2H6/c1-25-26(2,24)22-13-11-19(12-14-22)21-20(23)18-10-6-9-17(15-18)16-7-4-3-5-8-16;2*1-2/h3-10,15,19H,11-14H2,1-2H3,(H,21,23);2*1-2H3. The first-order valence-corrected chi connectivity index (χ1v) is 12.9. The number of carbonyl (C=O) groups is 1. The fraction of sp³-hybridized carbons (Fsp3) is 0.458. The molecule has 1 fully saturated rings. The zero-order chi connectivity index (χ0) is 22.6. The van der Waals surface area contributed by atoms with E-state index in [1.54, 1.807) is 6.66 Å². The lowest BCUT2D eigenvalue weighted by molar-refractivity contribution is 0.0922. The molecule has 1 atom stereocenters. The van der Waals surface area contributed by atoms with Crippen LogP contribution in [-0.2, 0) is 9.09 Å². The summed E-state index contributed by atoms with van der Waals surface area (Å²) in [5, 5.41) is 3.11. The Morgan fingerprint density at radius 1 is 0.967 bits per heavy atom. The molecule has 6 heteroatoms. The molecule has 1 heterocycles. The van der Waals surface area contributed by atoms with Crippen molar-refractivity contribution in [2.24, 2.45) is 0 Å². The van der Waals surface area contributed by atoms with Gasteiger partial charge in [0.2, 0.25) is 0 Å². The van der Waals surface area contributed by atoms with Gasteiger partial charge in [-0.3, -0.25) is 9.36 Å². The van der Waals surface area contributed by atoms with Crippen molar-refractivity contribution < 1.29 is 13.9 Å². The van der Waals surface area contributed by atoms with Crippen molar-refractivity contribution in [1.29, 1.82) is 0 Å². The van der Waals surface area contributed by atoms with Crippen LogP contribution in [0.25, 0.3) is 11.1 Å². The highest BCUT2D eigenvalue weighted by atomic mass is 31.2. The van der Waals surface area contributed by atoms with Crippen LogP contribution in [0.2, 0.25) is 0 Å². The minimum atomic E-state index is -2.69. The van der Waals surface area contributed by atoms with Crippen molar-refractivity contribution in [3.8, 4) is 11.1 Å². The molecule has 1 aliphatic heterocycles. The summed E-state index contributed by atoms with van der Waals surface area (Å²) in [6.07, 6.45) is 1.54. The van der Waals surface area contributed by atoms with Crippen molar-refractivity contribution in [1.82, 2.24) is 9.99 Å². The maximum absolute atomic E-state index is 12.6. The molecule has 0 aromatic heterocycles. The number of nitrogens with one attached hydrogen (secondary N) is 1. The normalized spacial score (nSPS) is 16.2. The number of hydrogen-bond donors (Lipinski definition) is 1. The molecule has 0 radical (unpaired) electrons. The van der Waals surface area contributed by atoms with E-state index in [9.17, 15) is 9.36 Å². The third kappa shape index (κ3) is 7.39. The Hall–Kier alpha value is -1.94. The van der Waals surface area contributed by atoms with Gasteiger partial charge in [-0.25, -0.2) is 4.67 Å². The van der Waals surface area contributed by atoms with Crippen molar-refractivity contribution in [3.05, 3.63) is 60.2 Å². The topological polar surface area (TPSA) is 58.6 Å². The molecular weight excluding hydrogens is 395 g/mol. The van der Waals surface area contributed by atoms with E-state index in [0.29, 0.717) is 18.7 Å². The van der Waals surface area contributed by atoms with Gasteiger partial charge in [-0.15, -0.1) is 0 Å². The SMILES string of the molecule is CC.CC.COP(C)(=O)N1CCC(NC(=O)c2cccc(-c3ccccc3)c2)CC1. The molecule has 0 saturated carbocycles. The van der Waals surface area contributed by atoms with E-state index >= 15 is 0 Å². The number of piperidine rings is 1. The van der Waals surface area contributed by atoms with E-state index in [1.165, 1.54) is 7.11 Å². The first-order valence-electron chi connectivity index (χ1n) is 10.8. The van der Waals surface area contributed by atoms with Crippen molar-refractivity contribution in [2.75, 3.05) is 26.9 Å². The zero-order valence-electron chi connectivity index (χ0n) is 19.2. The summed E-state index contributed by atoms with van der Waals surface area (Å²) < 4.78 is 19.3. The highest BCUT2D eigenvalue weighted by Crippen LogP contribution is 2.47. The lowest BCUT2D eigenvalue weighted by Gasteiger charge is -2.34. The quantitative estimate of drug-likeness (QED) is 0.583. The Kier molecular flexibility index (Phi) is 11.6. The van der Waals surface area contributed by atoms with E-state index in [2.05, 4.69) is 5.32 Å². The lowest BCUT2D eigenvalue weighted by Crippen LogP contribution is -2.43. The molecule has 1 amide bonds. The van der Waals surface area contributed by atoms with Crippen LogP contribution in [-0.4, -0.2) is 43.5 Å². The maximum Gasteiger partial charge on any atom is 0.269 e. The first kappa shape index (κ1) is 26.1. The summed E-state index contributed by atoms with van der Waals surface area (Å²) in [7, 11) is -1.21. The van der Waals surface area contributed by atoms with Gasteiger partial charge in [0.25, 0.3) is 13.4 Å². The van der Waals surface area contributed by atoms with Gasteiger partial charge in [-0.1, -0.05) is 70.2 Å². The van der Waals surface area contributed by atoms with Gasteiger partial charge in [0.1, 0.15) is 0 Å². The molecule has 1 N–H and O–H groups in total. The molecule has 0 aliphatic carbocycles. The number of rotatable bonds is 5. The van der Waals surface area contributed by atoms with Crippen LogP contribution in [0, 0.1) is 0 Å². The van der Waals surface area contributed by atoms with E-state index in [1.807, 2.05) is 87.0 Å². The van der Waals surface area contributed by atoms with Crippen LogP contribution < -0.4 is 5.32 Å². The molecular formula is C24H37N2O3P. The van der Waals surface area contributed by atoms with Crippen molar-refractivity contribution in [3.63, 3.8) is 0 Å². The maximum atomic E-state index is 12.6. The Bertz CT molecular complexity index is 803. The van der Waals surface area contributed by atoms with Crippen LogP contribution in [0.3, 0.4) is 0 Å². The van der Waals surface area contributed by atoms with E-state index < -0.39 is 7.52 Å². The van der Waals surface area contributed by atoms with Gasteiger partial charge >= 0.3 is 0 Å². The van der Waals surface area contributed by atoms with Gasteiger partial charge in [0.15, 0.2) is 0 Å². The highest BCUT2D eigenvalue weighted by Gasteiger charge is 2.30. The van der Waals surface area contributed by atoms with Crippen LogP contribution in [0.1, 0.15) is 50.9 Å². The van der Waals surface area contributed by atoms with Crippen molar-refractivity contribution in [2.45, 2.75) is 46.6 Å². The van der Waals surface area contributed by atoms with Gasteiger partial charge < -0.3 is 9.84 Å². The smallest absolute Gasteiger partial charge is 0.269 e. The lowest BCUT2D eigenvalue weighted by atomic mass is 10.0. The minimum absolute atomic E-state index is 0.0624. The summed E-state index contributed by atoms with van der Waals surface area (Å²) >= 11 is 0. The second kappa shape index (κ2) is 13.4. The average molecular weight is 433 g/mol. The Morgan fingerprint density at radius 2 is 1.53 bits per heavy atom. The molecule has 0 bridgehead atoms. The van der Waals surface area contributed by atoms with Gasteiger partial charge in [-0.2, -0.15) is 0 Å². The van der Waals surface area contributed by atoms with Gasteiger partial charge in [0, 0.05) is 38.5 Å². The van der Waals surface area contributed by atoms with E-state index in [0.717, 1.165) is 24.0 Å². The second-order valence-corrected chi connectivity index (χ2v) is 9.17. The average Bonchev–Trinajstić information content (AvgIpc) is 2.82. The number of amides is 1. The molecule has 3 rings (SSSR count). The van der Waals surface area contributed by atoms with Crippen LogP contribution in [0.15, 0.2) is 54.6 Å². The predicted molar refractivity (Wildman–Crippen MR) is 127 cm³/mol. The minimum Gasteiger partial charge on any atom is -0.349 e. The molecule has 2 aromatic rings. The summed E-state index contributed by atoms with van der Waals surface area (Å²) in [6, 6.07) is 17.8. The molecule has 1 aliphatic rings. The van der Waals surface area contributed by atoms with Crippen molar-refractivity contribution >= 4 is 13.4 Å². The van der Waals surface area contributed by atoms with E-state index in [4.69, 9.17) is 4.52 Å². The monoisotopic (exact) mass is 432 g/mol. The van der Waals surface area contributed by atoms with Crippen LogP contribution in [0.5, 0.6) is 0 Å².